The average molecular weight is 342 g/mol. The van der Waals surface area contributed by atoms with Crippen LogP contribution >= 0.6 is 0 Å². The van der Waals surface area contributed by atoms with E-state index in [1.54, 1.807) is 18.2 Å². The largest absolute Gasteiger partial charge is 0.399 e. The van der Waals surface area contributed by atoms with Crippen molar-refractivity contribution in [1.29, 1.82) is 0 Å². The summed E-state index contributed by atoms with van der Waals surface area (Å²) >= 11 is 0. The van der Waals surface area contributed by atoms with Gasteiger partial charge in [0.05, 0.1) is 10.6 Å². The lowest BCUT2D eigenvalue weighted by Gasteiger charge is -2.06. The molecule has 24 heavy (non-hydrogen) atoms. The molecule has 7 nitrogen and oxygen atoms in total. The monoisotopic (exact) mass is 342 g/mol. The topological polar surface area (TPSA) is 107 Å². The molecule has 1 amide bonds. The van der Waals surface area contributed by atoms with Gasteiger partial charge in [-0.3, -0.25) is 9.78 Å². The lowest BCUT2D eigenvalue weighted by Crippen LogP contribution is -2.14. The standard InChI is InChI=1S/C16H14N4O3S/c17-12-4-6-14(7-5-12)24(22,23)20-10-8-13(11-20)19-16(21)15-3-1-2-9-18-15/h1-11H,17H2,(H,19,21). The summed E-state index contributed by atoms with van der Waals surface area (Å²) in [5.41, 5.74) is 6.64. The van der Waals surface area contributed by atoms with Crippen LogP contribution in [0.3, 0.4) is 0 Å². The van der Waals surface area contributed by atoms with Crippen molar-refractivity contribution in [3.05, 3.63) is 72.8 Å². The second kappa shape index (κ2) is 6.17. The van der Waals surface area contributed by atoms with E-state index >= 15 is 0 Å². The predicted molar refractivity (Wildman–Crippen MR) is 90.1 cm³/mol. The molecule has 3 rings (SSSR count). The van der Waals surface area contributed by atoms with Gasteiger partial charge < -0.3 is 11.1 Å². The van der Waals surface area contributed by atoms with Crippen molar-refractivity contribution >= 4 is 27.3 Å². The summed E-state index contributed by atoms with van der Waals surface area (Å²) in [6.45, 7) is 0. The highest BCUT2D eigenvalue weighted by Gasteiger charge is 2.17. The Balaban J connectivity index is 1.83. The number of carbonyl (C=O) groups is 1. The Morgan fingerprint density at radius 3 is 2.50 bits per heavy atom. The van der Waals surface area contributed by atoms with E-state index in [4.69, 9.17) is 5.73 Å². The number of benzene rings is 1. The van der Waals surface area contributed by atoms with Gasteiger partial charge in [-0.05, 0) is 42.5 Å². The van der Waals surface area contributed by atoms with E-state index in [0.29, 0.717) is 11.4 Å². The first kappa shape index (κ1) is 15.8. The number of nitrogen functional groups attached to an aromatic ring is 1. The Hall–Kier alpha value is -3.13. The Kier molecular flexibility index (Phi) is 4.05. The Morgan fingerprint density at radius 1 is 1.08 bits per heavy atom. The number of hydrogen-bond donors (Lipinski definition) is 2. The van der Waals surface area contributed by atoms with Gasteiger partial charge in [0, 0.05) is 24.3 Å². The molecule has 0 bridgehead atoms. The summed E-state index contributed by atoms with van der Waals surface area (Å²) in [6.07, 6.45) is 4.19. The maximum Gasteiger partial charge on any atom is 0.274 e. The molecule has 3 N–H and O–H groups in total. The zero-order valence-electron chi connectivity index (χ0n) is 12.5. The highest BCUT2D eigenvalue weighted by molar-refractivity contribution is 7.90. The summed E-state index contributed by atoms with van der Waals surface area (Å²) in [4.78, 5) is 16.1. The first-order valence-corrected chi connectivity index (χ1v) is 8.42. The number of hydrogen-bond acceptors (Lipinski definition) is 5. The summed E-state index contributed by atoms with van der Waals surface area (Å²) in [7, 11) is -3.74. The zero-order valence-corrected chi connectivity index (χ0v) is 13.3. The molecule has 0 aliphatic carbocycles. The lowest BCUT2D eigenvalue weighted by molar-refractivity contribution is 0.102. The van der Waals surface area contributed by atoms with Crippen LogP contribution in [0.2, 0.25) is 0 Å². The molecule has 2 heterocycles. The van der Waals surface area contributed by atoms with E-state index in [9.17, 15) is 13.2 Å². The molecule has 2 aromatic heterocycles. The number of nitrogens with zero attached hydrogens (tertiary/aromatic N) is 2. The van der Waals surface area contributed by atoms with Crippen molar-refractivity contribution in [3.8, 4) is 0 Å². The minimum Gasteiger partial charge on any atom is -0.399 e. The number of aromatic nitrogens is 2. The van der Waals surface area contributed by atoms with Crippen molar-refractivity contribution in [2.45, 2.75) is 4.90 Å². The lowest BCUT2D eigenvalue weighted by atomic mass is 10.3. The third-order valence-electron chi connectivity index (χ3n) is 3.28. The van der Waals surface area contributed by atoms with Gasteiger partial charge in [-0.1, -0.05) is 6.07 Å². The summed E-state index contributed by atoms with van der Waals surface area (Å²) in [5, 5.41) is 2.60. The number of rotatable bonds is 4. The van der Waals surface area contributed by atoms with E-state index in [1.807, 2.05) is 0 Å². The van der Waals surface area contributed by atoms with Crippen LogP contribution < -0.4 is 11.1 Å². The minimum atomic E-state index is -3.74. The van der Waals surface area contributed by atoms with Crippen LogP contribution in [0.5, 0.6) is 0 Å². The number of nitrogens with two attached hydrogens (primary N) is 1. The highest BCUT2D eigenvalue weighted by Crippen LogP contribution is 2.18. The van der Waals surface area contributed by atoms with Gasteiger partial charge in [-0.25, -0.2) is 12.4 Å². The van der Waals surface area contributed by atoms with E-state index in [2.05, 4.69) is 10.3 Å². The van der Waals surface area contributed by atoms with E-state index in [0.717, 1.165) is 3.97 Å². The number of carbonyl (C=O) groups excluding carboxylic acids is 1. The normalized spacial score (nSPS) is 11.2. The molecule has 122 valence electrons. The van der Waals surface area contributed by atoms with Crippen LogP contribution in [-0.4, -0.2) is 23.3 Å². The molecule has 0 aliphatic rings. The molecule has 0 fully saturated rings. The summed E-state index contributed by atoms with van der Waals surface area (Å²) < 4.78 is 26.1. The van der Waals surface area contributed by atoms with E-state index in [1.165, 1.54) is 48.9 Å². The molecule has 0 unspecified atom stereocenters. The van der Waals surface area contributed by atoms with Crippen molar-refractivity contribution < 1.29 is 13.2 Å². The third-order valence-corrected chi connectivity index (χ3v) is 4.93. The molecule has 0 radical (unpaired) electrons. The molecule has 0 atom stereocenters. The third kappa shape index (κ3) is 3.13. The van der Waals surface area contributed by atoms with Crippen molar-refractivity contribution in [2.24, 2.45) is 0 Å². The Labute approximate surface area is 138 Å². The number of nitrogens with one attached hydrogen (secondary N) is 1. The number of amides is 1. The molecule has 8 heteroatoms. The van der Waals surface area contributed by atoms with Gasteiger partial charge >= 0.3 is 0 Å². The average Bonchev–Trinajstić information content (AvgIpc) is 3.05. The number of pyridine rings is 1. The van der Waals surface area contributed by atoms with Crippen molar-refractivity contribution in [2.75, 3.05) is 11.1 Å². The predicted octanol–water partition coefficient (Wildman–Crippen LogP) is 1.95. The maximum atomic E-state index is 12.5. The van der Waals surface area contributed by atoms with E-state index < -0.39 is 15.9 Å². The smallest absolute Gasteiger partial charge is 0.274 e. The zero-order chi connectivity index (χ0) is 17.2. The van der Waals surface area contributed by atoms with Crippen molar-refractivity contribution in [1.82, 2.24) is 8.96 Å². The van der Waals surface area contributed by atoms with Crippen LogP contribution in [0.1, 0.15) is 10.5 Å². The Bertz CT molecular complexity index is 964. The van der Waals surface area contributed by atoms with Gasteiger partial charge in [0.2, 0.25) is 0 Å². The quantitative estimate of drug-likeness (QED) is 0.705. The first-order chi connectivity index (χ1) is 11.5. The fourth-order valence-electron chi connectivity index (χ4n) is 2.05. The SMILES string of the molecule is Nc1ccc(S(=O)(=O)n2ccc(NC(=O)c3ccccn3)c2)cc1. The molecular formula is C16H14N4O3S. The molecule has 0 aliphatic heterocycles. The second-order valence-electron chi connectivity index (χ2n) is 4.97. The van der Waals surface area contributed by atoms with Gasteiger partial charge in [-0.2, -0.15) is 0 Å². The van der Waals surface area contributed by atoms with Gasteiger partial charge in [-0.15, -0.1) is 0 Å². The maximum absolute atomic E-state index is 12.5. The van der Waals surface area contributed by atoms with Crippen LogP contribution in [0, 0.1) is 0 Å². The fourth-order valence-corrected chi connectivity index (χ4v) is 3.25. The van der Waals surface area contributed by atoms with Crippen LogP contribution in [0.15, 0.2) is 72.0 Å². The molecule has 0 saturated carbocycles. The molecule has 1 aromatic carbocycles. The van der Waals surface area contributed by atoms with Gasteiger partial charge in [0.25, 0.3) is 15.9 Å². The van der Waals surface area contributed by atoms with E-state index in [-0.39, 0.29) is 10.6 Å². The Morgan fingerprint density at radius 2 is 1.83 bits per heavy atom. The molecule has 0 saturated heterocycles. The van der Waals surface area contributed by atoms with Gasteiger partial charge in [0.1, 0.15) is 5.69 Å². The van der Waals surface area contributed by atoms with Crippen LogP contribution in [-0.2, 0) is 10.0 Å². The number of anilines is 2. The second-order valence-corrected chi connectivity index (χ2v) is 6.82. The molecule has 0 spiro atoms. The van der Waals surface area contributed by atoms with Crippen LogP contribution in [0.4, 0.5) is 11.4 Å². The summed E-state index contributed by atoms with van der Waals surface area (Å²) in [6, 6.07) is 12.3. The van der Waals surface area contributed by atoms with Crippen molar-refractivity contribution in [3.63, 3.8) is 0 Å². The molecule has 3 aromatic rings. The van der Waals surface area contributed by atoms with Crippen LogP contribution in [0.25, 0.3) is 0 Å². The summed E-state index contributed by atoms with van der Waals surface area (Å²) in [5.74, 6) is -0.418. The fraction of sp³-hybridized carbons (Fsp3) is 0. The molecular weight excluding hydrogens is 328 g/mol. The van der Waals surface area contributed by atoms with Gasteiger partial charge in [0.15, 0.2) is 0 Å². The first-order valence-electron chi connectivity index (χ1n) is 6.98. The minimum absolute atomic E-state index is 0.106. The highest BCUT2D eigenvalue weighted by atomic mass is 32.2.